The highest BCUT2D eigenvalue weighted by Crippen LogP contribution is 2.29. The summed E-state index contributed by atoms with van der Waals surface area (Å²) in [6.07, 6.45) is 0. The number of nitrogens with zero attached hydrogens (tertiary/aromatic N) is 2. The molecule has 0 aliphatic carbocycles. The van der Waals surface area contributed by atoms with Crippen molar-refractivity contribution in [3.63, 3.8) is 0 Å². The number of Topliss-reactive ketones (excluding diaryl/α,β-unsaturated/α-hetero) is 1. The van der Waals surface area contributed by atoms with Crippen LogP contribution in [0, 0.1) is 26.6 Å². The van der Waals surface area contributed by atoms with E-state index in [1.54, 1.807) is 26.2 Å². The van der Waals surface area contributed by atoms with Crippen LogP contribution in [0.25, 0.3) is 10.6 Å². The number of ketones is 1. The molecule has 164 valence electrons. The maximum atomic E-state index is 13.1. The monoisotopic (exact) mass is 444 g/mol. The molecular weight excluding hydrogens is 419 g/mol. The fourth-order valence-corrected chi connectivity index (χ4v) is 4.59. The number of hydrogen-bond donors (Lipinski definition) is 0. The van der Waals surface area contributed by atoms with Crippen LogP contribution >= 0.6 is 11.3 Å². The molecule has 2 aromatic heterocycles. The summed E-state index contributed by atoms with van der Waals surface area (Å²) in [4.78, 5) is 30.0. The zero-order chi connectivity index (χ0) is 22.7. The number of hydrogen-bond acceptors (Lipinski definition) is 6. The fourth-order valence-electron chi connectivity index (χ4n) is 3.63. The molecule has 0 fully saturated rings. The molecule has 0 radical (unpaired) electrons. The molecule has 0 aliphatic rings. The largest absolute Gasteiger partial charge is 0.453 e. The van der Waals surface area contributed by atoms with Crippen LogP contribution in [0.15, 0.2) is 30.3 Å². The Morgan fingerprint density at radius 3 is 2.52 bits per heavy atom. The van der Waals surface area contributed by atoms with E-state index in [0.29, 0.717) is 33.3 Å². The summed E-state index contributed by atoms with van der Waals surface area (Å²) < 4.78 is 25.7. The molecular formula is C23H25FN2O4S. The van der Waals surface area contributed by atoms with Crippen LogP contribution in [-0.4, -0.2) is 41.6 Å². The molecule has 0 saturated heterocycles. The highest BCUT2D eigenvalue weighted by atomic mass is 32.1. The van der Waals surface area contributed by atoms with Crippen molar-refractivity contribution < 1.29 is 23.5 Å². The second-order valence-corrected chi connectivity index (χ2v) is 8.40. The Labute approximate surface area is 184 Å². The highest BCUT2D eigenvalue weighted by molar-refractivity contribution is 7.17. The first-order valence-electron chi connectivity index (χ1n) is 9.84. The lowest BCUT2D eigenvalue weighted by atomic mass is 10.1. The molecule has 1 unspecified atom stereocenters. The lowest BCUT2D eigenvalue weighted by Gasteiger charge is -2.17. The number of aryl methyl sites for hydroxylation is 2. The van der Waals surface area contributed by atoms with Gasteiger partial charge in [0.25, 0.3) is 0 Å². The van der Waals surface area contributed by atoms with Gasteiger partial charge in [-0.3, -0.25) is 4.79 Å². The van der Waals surface area contributed by atoms with Crippen molar-refractivity contribution in [1.82, 2.24) is 9.55 Å². The van der Waals surface area contributed by atoms with E-state index in [0.717, 1.165) is 22.7 Å². The molecule has 1 atom stereocenters. The van der Waals surface area contributed by atoms with Gasteiger partial charge in [0.05, 0.1) is 18.3 Å². The van der Waals surface area contributed by atoms with Gasteiger partial charge in [0.15, 0.2) is 6.61 Å². The van der Waals surface area contributed by atoms with Gasteiger partial charge in [-0.25, -0.2) is 14.2 Å². The lowest BCUT2D eigenvalue weighted by molar-refractivity contribution is 0.0478. The van der Waals surface area contributed by atoms with Gasteiger partial charge in [-0.05, 0) is 58.0 Å². The lowest BCUT2D eigenvalue weighted by Crippen LogP contribution is -2.17. The van der Waals surface area contributed by atoms with Gasteiger partial charge in [0.1, 0.15) is 15.7 Å². The Morgan fingerprint density at radius 2 is 1.87 bits per heavy atom. The van der Waals surface area contributed by atoms with Crippen molar-refractivity contribution in [2.24, 2.45) is 0 Å². The molecule has 0 bridgehead atoms. The molecule has 2 heterocycles. The van der Waals surface area contributed by atoms with Crippen molar-refractivity contribution in [2.45, 2.75) is 33.7 Å². The molecule has 0 amide bonds. The maximum absolute atomic E-state index is 13.1. The van der Waals surface area contributed by atoms with E-state index in [4.69, 9.17) is 9.47 Å². The number of benzene rings is 1. The topological polar surface area (TPSA) is 70.4 Å². The van der Waals surface area contributed by atoms with E-state index in [2.05, 4.69) is 4.98 Å². The van der Waals surface area contributed by atoms with Crippen molar-refractivity contribution in [1.29, 1.82) is 0 Å². The number of esters is 1. The van der Waals surface area contributed by atoms with Crippen LogP contribution in [0.4, 0.5) is 4.39 Å². The molecule has 3 rings (SSSR count). The Hall–Kier alpha value is -2.84. The van der Waals surface area contributed by atoms with Crippen molar-refractivity contribution in [2.75, 3.05) is 20.3 Å². The zero-order valence-corrected chi connectivity index (χ0v) is 19.0. The van der Waals surface area contributed by atoms with Crippen LogP contribution in [0.5, 0.6) is 0 Å². The Morgan fingerprint density at radius 1 is 1.19 bits per heavy atom. The predicted octanol–water partition coefficient (Wildman–Crippen LogP) is 4.92. The average molecular weight is 445 g/mol. The van der Waals surface area contributed by atoms with Crippen LogP contribution in [0.1, 0.15) is 50.1 Å². The molecule has 1 aromatic carbocycles. The number of halogens is 1. The van der Waals surface area contributed by atoms with Crippen molar-refractivity contribution in [3.8, 4) is 10.6 Å². The van der Waals surface area contributed by atoms with Gasteiger partial charge in [0.2, 0.25) is 5.78 Å². The standard InChI is InChI=1S/C23H25FN2O4S/c1-13-10-19(16(4)26(13)14(2)11-29-5)20(27)12-30-23(28)21-15(3)25-22(31-21)17-6-8-18(24)9-7-17/h6-10,14H,11-12H2,1-5H3. The van der Waals surface area contributed by atoms with Gasteiger partial charge in [-0.1, -0.05) is 0 Å². The van der Waals surface area contributed by atoms with Gasteiger partial charge in [-0.15, -0.1) is 11.3 Å². The number of rotatable bonds is 8. The second kappa shape index (κ2) is 9.53. The SMILES string of the molecule is COCC(C)n1c(C)cc(C(=O)COC(=O)c2sc(-c3ccc(F)cc3)nc2C)c1C. The minimum absolute atomic E-state index is 0.0822. The third-order valence-corrected chi connectivity index (χ3v) is 6.23. The Balaban J connectivity index is 1.71. The second-order valence-electron chi connectivity index (χ2n) is 7.40. The van der Waals surface area contributed by atoms with Gasteiger partial charge >= 0.3 is 5.97 Å². The normalized spacial score (nSPS) is 12.1. The summed E-state index contributed by atoms with van der Waals surface area (Å²) >= 11 is 1.16. The molecule has 0 spiro atoms. The van der Waals surface area contributed by atoms with Crippen molar-refractivity contribution in [3.05, 3.63) is 63.7 Å². The third kappa shape index (κ3) is 4.91. The van der Waals surface area contributed by atoms with E-state index < -0.39 is 5.97 Å². The van der Waals surface area contributed by atoms with Gasteiger partial charge in [-0.2, -0.15) is 0 Å². The Bertz CT molecular complexity index is 1100. The molecule has 31 heavy (non-hydrogen) atoms. The summed E-state index contributed by atoms with van der Waals surface area (Å²) in [7, 11) is 1.64. The summed E-state index contributed by atoms with van der Waals surface area (Å²) in [5.41, 5.74) is 3.51. The van der Waals surface area contributed by atoms with Gasteiger partial charge in [0, 0.05) is 29.6 Å². The van der Waals surface area contributed by atoms with Crippen molar-refractivity contribution >= 4 is 23.1 Å². The molecule has 8 heteroatoms. The summed E-state index contributed by atoms with van der Waals surface area (Å²) in [5.74, 6) is -1.21. The van der Waals surface area contributed by atoms with E-state index in [1.807, 2.05) is 31.4 Å². The Kier molecular flexibility index (Phi) is 7.02. The number of aromatic nitrogens is 2. The summed E-state index contributed by atoms with van der Waals surface area (Å²) in [6, 6.07) is 7.78. The molecule has 0 N–H and O–H groups in total. The van der Waals surface area contributed by atoms with Crippen LogP contribution in [-0.2, 0) is 9.47 Å². The maximum Gasteiger partial charge on any atom is 0.350 e. The zero-order valence-electron chi connectivity index (χ0n) is 18.2. The smallest absolute Gasteiger partial charge is 0.350 e. The molecule has 0 saturated carbocycles. The number of ether oxygens (including phenoxy) is 2. The number of thiazole rings is 1. The third-order valence-electron chi connectivity index (χ3n) is 5.04. The first kappa shape index (κ1) is 22.8. The first-order valence-corrected chi connectivity index (χ1v) is 10.7. The van der Waals surface area contributed by atoms with Gasteiger partial charge < -0.3 is 14.0 Å². The fraction of sp³-hybridized carbons (Fsp3) is 0.348. The first-order chi connectivity index (χ1) is 14.7. The highest BCUT2D eigenvalue weighted by Gasteiger charge is 2.22. The average Bonchev–Trinajstić information content (AvgIpc) is 3.26. The number of carbonyl (C=O) groups excluding carboxylic acids is 2. The minimum Gasteiger partial charge on any atom is -0.453 e. The summed E-state index contributed by atoms with van der Waals surface area (Å²) in [5, 5.41) is 0.589. The van der Waals surface area contributed by atoms with E-state index in [9.17, 15) is 14.0 Å². The van der Waals surface area contributed by atoms with Crippen LogP contribution < -0.4 is 0 Å². The molecule has 0 aliphatic heterocycles. The quantitative estimate of drug-likeness (QED) is 0.364. The van der Waals surface area contributed by atoms with E-state index in [-0.39, 0.29) is 24.2 Å². The van der Waals surface area contributed by atoms with Crippen LogP contribution in [0.3, 0.4) is 0 Å². The summed E-state index contributed by atoms with van der Waals surface area (Å²) in [6.45, 7) is 7.69. The van der Waals surface area contributed by atoms with E-state index >= 15 is 0 Å². The minimum atomic E-state index is -0.599. The molecule has 6 nitrogen and oxygen atoms in total. The molecule has 3 aromatic rings. The predicted molar refractivity (Wildman–Crippen MR) is 117 cm³/mol. The van der Waals surface area contributed by atoms with E-state index in [1.165, 1.54) is 12.1 Å². The number of carbonyl (C=O) groups is 2. The number of methoxy groups -OCH3 is 1. The van der Waals surface area contributed by atoms with Crippen LogP contribution in [0.2, 0.25) is 0 Å².